The molecule has 0 fully saturated rings. The van der Waals surface area contributed by atoms with Crippen LogP contribution in [0.4, 0.5) is 10.1 Å². The van der Waals surface area contributed by atoms with Gasteiger partial charge in [-0.05, 0) is 57.5 Å². The fraction of sp³-hybridized carbons (Fsp3) is 0.278. The summed E-state index contributed by atoms with van der Waals surface area (Å²) in [6.07, 6.45) is 0. The van der Waals surface area contributed by atoms with Gasteiger partial charge in [0.05, 0.1) is 5.39 Å². The van der Waals surface area contributed by atoms with E-state index in [4.69, 9.17) is 0 Å². The highest BCUT2D eigenvalue weighted by molar-refractivity contribution is 7.18. The van der Waals surface area contributed by atoms with Gasteiger partial charge in [0.15, 0.2) is 0 Å². The first-order chi connectivity index (χ1) is 11.8. The molecule has 0 spiro atoms. The van der Waals surface area contributed by atoms with Gasteiger partial charge >= 0.3 is 0 Å². The Morgan fingerprint density at radius 2 is 1.88 bits per heavy atom. The van der Waals surface area contributed by atoms with E-state index < -0.39 is 6.04 Å². The standard InChI is InChI=1S/C18H18FN3O2S/c1-9-11(3)25-17-15(9)18(24)22(12(4)20-17)10(2)16(23)21-14-7-5-13(19)6-8-14/h5-8,10H,1-4H3,(H,21,23). The molecular formula is C18H18FN3O2S. The molecule has 5 nitrogen and oxygen atoms in total. The number of carbonyl (C=O) groups excluding carboxylic acids is 1. The molecule has 0 aliphatic heterocycles. The highest BCUT2D eigenvalue weighted by atomic mass is 32.1. The highest BCUT2D eigenvalue weighted by Crippen LogP contribution is 2.27. The number of hydrogen-bond acceptors (Lipinski definition) is 4. The van der Waals surface area contributed by atoms with Crippen LogP contribution in [-0.4, -0.2) is 15.5 Å². The summed E-state index contributed by atoms with van der Waals surface area (Å²) in [4.78, 5) is 31.7. The van der Waals surface area contributed by atoms with Gasteiger partial charge < -0.3 is 5.32 Å². The number of fused-ring (bicyclic) bond motifs is 1. The number of nitrogens with one attached hydrogen (secondary N) is 1. The van der Waals surface area contributed by atoms with Crippen molar-refractivity contribution in [2.24, 2.45) is 0 Å². The summed E-state index contributed by atoms with van der Waals surface area (Å²) in [6, 6.07) is 4.74. The van der Waals surface area contributed by atoms with Crippen molar-refractivity contribution in [2.75, 3.05) is 5.32 Å². The van der Waals surface area contributed by atoms with Crippen LogP contribution in [0.25, 0.3) is 10.2 Å². The molecule has 1 N–H and O–H groups in total. The van der Waals surface area contributed by atoms with Crippen molar-refractivity contribution in [1.82, 2.24) is 9.55 Å². The maximum absolute atomic E-state index is 13.0. The number of halogens is 1. The Bertz CT molecular complexity index is 1020. The lowest BCUT2D eigenvalue weighted by Crippen LogP contribution is -2.33. The zero-order chi connectivity index (χ0) is 18.3. The first-order valence-electron chi connectivity index (χ1n) is 7.85. The number of aromatic nitrogens is 2. The Kier molecular flexibility index (Phi) is 4.43. The molecule has 0 saturated carbocycles. The van der Waals surface area contributed by atoms with Gasteiger partial charge in [0, 0.05) is 10.6 Å². The average molecular weight is 359 g/mol. The summed E-state index contributed by atoms with van der Waals surface area (Å²) >= 11 is 1.48. The smallest absolute Gasteiger partial charge is 0.263 e. The molecule has 0 saturated heterocycles. The molecule has 1 amide bonds. The minimum absolute atomic E-state index is 0.217. The zero-order valence-electron chi connectivity index (χ0n) is 14.4. The number of amides is 1. The van der Waals surface area contributed by atoms with Crippen molar-refractivity contribution in [3.05, 3.63) is 56.7 Å². The minimum atomic E-state index is -0.742. The van der Waals surface area contributed by atoms with Crippen LogP contribution >= 0.6 is 11.3 Å². The second-order valence-electron chi connectivity index (χ2n) is 5.97. The summed E-state index contributed by atoms with van der Waals surface area (Å²) in [6.45, 7) is 7.20. The second-order valence-corrected chi connectivity index (χ2v) is 7.17. The molecule has 7 heteroatoms. The van der Waals surface area contributed by atoms with Crippen LogP contribution in [-0.2, 0) is 4.79 Å². The molecule has 0 bridgehead atoms. The van der Waals surface area contributed by atoms with Gasteiger partial charge in [-0.25, -0.2) is 9.37 Å². The third-order valence-electron chi connectivity index (χ3n) is 4.29. The quantitative estimate of drug-likeness (QED) is 0.775. The van der Waals surface area contributed by atoms with E-state index in [1.807, 2.05) is 13.8 Å². The lowest BCUT2D eigenvalue weighted by atomic mass is 10.2. The second kappa shape index (κ2) is 6.40. The van der Waals surface area contributed by atoms with E-state index in [-0.39, 0.29) is 17.3 Å². The topological polar surface area (TPSA) is 64.0 Å². The number of anilines is 1. The number of benzene rings is 1. The zero-order valence-corrected chi connectivity index (χ0v) is 15.2. The van der Waals surface area contributed by atoms with Crippen molar-refractivity contribution < 1.29 is 9.18 Å². The van der Waals surface area contributed by atoms with E-state index in [0.717, 1.165) is 10.4 Å². The van der Waals surface area contributed by atoms with E-state index in [1.165, 1.54) is 40.2 Å². The van der Waals surface area contributed by atoms with Crippen LogP contribution in [0.15, 0.2) is 29.1 Å². The number of aryl methyl sites for hydroxylation is 3. The summed E-state index contributed by atoms with van der Waals surface area (Å²) in [5, 5.41) is 3.26. The SMILES string of the molecule is Cc1sc2nc(C)n(C(C)C(=O)Nc3ccc(F)cc3)c(=O)c2c1C. The number of nitrogens with zero attached hydrogens (tertiary/aromatic N) is 2. The summed E-state index contributed by atoms with van der Waals surface area (Å²) in [5.74, 6) is -0.251. The number of rotatable bonds is 3. The molecule has 0 aliphatic rings. The lowest BCUT2D eigenvalue weighted by Gasteiger charge is -2.17. The van der Waals surface area contributed by atoms with Crippen molar-refractivity contribution >= 4 is 33.1 Å². The average Bonchev–Trinajstić information content (AvgIpc) is 2.83. The highest BCUT2D eigenvalue weighted by Gasteiger charge is 2.22. The lowest BCUT2D eigenvalue weighted by molar-refractivity contribution is -0.118. The molecule has 1 atom stereocenters. The van der Waals surface area contributed by atoms with Crippen LogP contribution < -0.4 is 10.9 Å². The van der Waals surface area contributed by atoms with Gasteiger partial charge in [0.1, 0.15) is 22.5 Å². The van der Waals surface area contributed by atoms with Crippen molar-refractivity contribution in [3.63, 3.8) is 0 Å². The Hall–Kier alpha value is -2.54. The minimum Gasteiger partial charge on any atom is -0.324 e. The predicted molar refractivity (Wildman–Crippen MR) is 97.8 cm³/mol. The summed E-state index contributed by atoms with van der Waals surface area (Å²) in [7, 11) is 0. The maximum Gasteiger partial charge on any atom is 0.263 e. The first kappa shape index (κ1) is 17.3. The molecule has 2 heterocycles. The summed E-state index contributed by atoms with van der Waals surface area (Å²) in [5.41, 5.74) is 1.16. The molecule has 25 heavy (non-hydrogen) atoms. The number of hydrogen-bond donors (Lipinski definition) is 1. The van der Waals surface area contributed by atoms with Crippen molar-refractivity contribution in [1.29, 1.82) is 0 Å². The molecular weight excluding hydrogens is 341 g/mol. The van der Waals surface area contributed by atoms with Crippen LogP contribution in [0.2, 0.25) is 0 Å². The van der Waals surface area contributed by atoms with Gasteiger partial charge in [-0.15, -0.1) is 11.3 Å². The summed E-state index contributed by atoms with van der Waals surface area (Å²) < 4.78 is 14.4. The normalized spacial score (nSPS) is 12.4. The maximum atomic E-state index is 13.0. The van der Waals surface area contributed by atoms with Crippen LogP contribution in [0, 0.1) is 26.6 Å². The fourth-order valence-corrected chi connectivity index (χ4v) is 3.83. The fourth-order valence-electron chi connectivity index (χ4n) is 2.76. The van der Waals surface area contributed by atoms with Crippen LogP contribution in [0.3, 0.4) is 0 Å². The van der Waals surface area contributed by atoms with Crippen molar-refractivity contribution in [2.45, 2.75) is 33.7 Å². The van der Waals surface area contributed by atoms with Gasteiger partial charge in [0.25, 0.3) is 5.56 Å². The molecule has 1 unspecified atom stereocenters. The molecule has 0 aliphatic carbocycles. The van der Waals surface area contributed by atoms with Gasteiger partial charge in [-0.1, -0.05) is 0 Å². The monoisotopic (exact) mass is 359 g/mol. The van der Waals surface area contributed by atoms with E-state index in [1.54, 1.807) is 13.8 Å². The van der Waals surface area contributed by atoms with Crippen LogP contribution in [0.5, 0.6) is 0 Å². The van der Waals surface area contributed by atoms with E-state index >= 15 is 0 Å². The molecule has 1 aromatic carbocycles. The Labute approximate surface area is 148 Å². The largest absolute Gasteiger partial charge is 0.324 e. The molecule has 3 aromatic rings. The Balaban J connectivity index is 2.00. The van der Waals surface area contributed by atoms with E-state index in [2.05, 4.69) is 10.3 Å². The molecule has 2 aromatic heterocycles. The third kappa shape index (κ3) is 3.07. The van der Waals surface area contributed by atoms with Crippen LogP contribution in [0.1, 0.15) is 29.2 Å². The van der Waals surface area contributed by atoms with E-state index in [9.17, 15) is 14.0 Å². The Morgan fingerprint density at radius 3 is 2.52 bits per heavy atom. The molecule has 130 valence electrons. The van der Waals surface area contributed by atoms with Gasteiger partial charge in [0.2, 0.25) is 5.91 Å². The third-order valence-corrected chi connectivity index (χ3v) is 5.39. The Morgan fingerprint density at radius 1 is 1.24 bits per heavy atom. The van der Waals surface area contributed by atoms with Gasteiger partial charge in [-0.2, -0.15) is 0 Å². The molecule has 0 radical (unpaired) electrons. The van der Waals surface area contributed by atoms with Crippen molar-refractivity contribution in [3.8, 4) is 0 Å². The molecule has 3 rings (SSSR count). The van der Waals surface area contributed by atoms with Gasteiger partial charge in [-0.3, -0.25) is 14.2 Å². The number of carbonyl (C=O) groups is 1. The van der Waals surface area contributed by atoms with E-state index in [0.29, 0.717) is 21.7 Å². The predicted octanol–water partition coefficient (Wildman–Crippen LogP) is 3.72. The number of thiophene rings is 1. The first-order valence-corrected chi connectivity index (χ1v) is 8.66.